The minimum Gasteiger partial charge on any atom is -0.479 e. The molecule has 0 saturated heterocycles. The Morgan fingerprint density at radius 2 is 1.88 bits per heavy atom. The van der Waals surface area contributed by atoms with Crippen molar-refractivity contribution in [3.8, 4) is 11.8 Å². The minimum absolute atomic E-state index is 0.0435. The monoisotopic (exact) mass is 338 g/mol. The molecule has 4 nitrogen and oxygen atoms in total. The Bertz CT molecular complexity index is 656. The van der Waals surface area contributed by atoms with E-state index in [0.717, 1.165) is 23.3 Å². The number of hydrogen-bond acceptors (Lipinski definition) is 3. The summed E-state index contributed by atoms with van der Waals surface area (Å²) in [4.78, 5) is 12.6. The number of hydrogen-bond donors (Lipinski definition) is 1. The maximum Gasteiger partial charge on any atom is 0.220 e. The first-order valence-corrected chi connectivity index (χ1v) is 9.49. The zero-order valence-electron chi connectivity index (χ0n) is 14.7. The Hall–Kier alpha value is -2.02. The summed E-state index contributed by atoms with van der Waals surface area (Å²) in [7, 11) is 0. The summed E-state index contributed by atoms with van der Waals surface area (Å²) in [5, 5.41) is 11.7. The van der Waals surface area contributed by atoms with Gasteiger partial charge in [-0.3, -0.25) is 4.79 Å². The van der Waals surface area contributed by atoms with Crippen molar-refractivity contribution in [2.75, 3.05) is 6.61 Å². The molecule has 0 aliphatic heterocycles. The molecule has 4 aliphatic carbocycles. The van der Waals surface area contributed by atoms with Gasteiger partial charge in [0.05, 0.1) is 0 Å². The molecule has 5 rings (SSSR count). The highest BCUT2D eigenvalue weighted by Crippen LogP contribution is 2.61. The van der Waals surface area contributed by atoms with Crippen LogP contribution < -0.4 is 10.1 Å². The third kappa shape index (κ3) is 3.66. The highest BCUT2D eigenvalue weighted by atomic mass is 16.5. The summed E-state index contributed by atoms with van der Waals surface area (Å²) in [5.74, 6) is 3.51. The van der Waals surface area contributed by atoms with Crippen LogP contribution in [0.1, 0.15) is 50.5 Å². The number of nitrogens with one attached hydrogen (secondary N) is 1. The second-order valence-electron chi connectivity index (χ2n) is 8.47. The van der Waals surface area contributed by atoms with E-state index in [1.165, 1.54) is 38.5 Å². The van der Waals surface area contributed by atoms with Gasteiger partial charge in [-0.05, 0) is 79.4 Å². The Morgan fingerprint density at radius 1 is 1.20 bits per heavy atom. The molecule has 25 heavy (non-hydrogen) atoms. The molecule has 0 aromatic heterocycles. The van der Waals surface area contributed by atoms with E-state index in [4.69, 9.17) is 10.00 Å². The van der Waals surface area contributed by atoms with Gasteiger partial charge in [0.1, 0.15) is 11.8 Å². The quantitative estimate of drug-likeness (QED) is 0.858. The van der Waals surface area contributed by atoms with E-state index in [0.29, 0.717) is 18.7 Å². The van der Waals surface area contributed by atoms with Gasteiger partial charge in [-0.25, -0.2) is 0 Å². The predicted molar refractivity (Wildman–Crippen MR) is 94.6 cm³/mol. The van der Waals surface area contributed by atoms with Crippen molar-refractivity contribution in [2.24, 2.45) is 23.2 Å². The minimum atomic E-state index is 0.0435. The molecule has 1 amide bonds. The molecule has 4 fully saturated rings. The fourth-order valence-corrected chi connectivity index (χ4v) is 5.97. The molecule has 1 aromatic rings. The van der Waals surface area contributed by atoms with Crippen LogP contribution in [-0.2, 0) is 11.3 Å². The Balaban J connectivity index is 1.32. The van der Waals surface area contributed by atoms with Gasteiger partial charge in [-0.15, -0.1) is 0 Å². The van der Waals surface area contributed by atoms with Crippen LogP contribution in [0, 0.1) is 34.5 Å². The summed E-state index contributed by atoms with van der Waals surface area (Å²) in [6.07, 6.45) is 8.74. The molecule has 4 bridgehead atoms. The summed E-state index contributed by atoms with van der Waals surface area (Å²) >= 11 is 0. The van der Waals surface area contributed by atoms with Crippen LogP contribution in [0.5, 0.6) is 5.75 Å². The first kappa shape index (κ1) is 16.4. The van der Waals surface area contributed by atoms with E-state index < -0.39 is 0 Å². The molecule has 0 unspecified atom stereocenters. The van der Waals surface area contributed by atoms with Crippen molar-refractivity contribution in [2.45, 2.75) is 51.5 Å². The van der Waals surface area contributed by atoms with E-state index in [1.807, 2.05) is 30.3 Å². The molecule has 1 aromatic carbocycles. The molecule has 4 aliphatic rings. The van der Waals surface area contributed by atoms with Gasteiger partial charge < -0.3 is 10.1 Å². The fraction of sp³-hybridized carbons (Fsp3) is 0.619. The molecular formula is C21H26N2O2. The lowest BCUT2D eigenvalue weighted by atomic mass is 9.49. The van der Waals surface area contributed by atoms with Gasteiger partial charge >= 0.3 is 0 Å². The van der Waals surface area contributed by atoms with Gasteiger partial charge in [-0.1, -0.05) is 12.1 Å². The topological polar surface area (TPSA) is 62.1 Å². The number of carbonyl (C=O) groups excluding carboxylic acids is 1. The van der Waals surface area contributed by atoms with E-state index >= 15 is 0 Å². The second-order valence-corrected chi connectivity index (χ2v) is 8.47. The van der Waals surface area contributed by atoms with Crippen molar-refractivity contribution in [3.05, 3.63) is 29.8 Å². The van der Waals surface area contributed by atoms with Gasteiger partial charge in [0.2, 0.25) is 5.91 Å². The molecule has 0 atom stereocenters. The molecule has 4 saturated carbocycles. The molecule has 4 heteroatoms. The zero-order chi connectivity index (χ0) is 17.3. The zero-order valence-corrected chi connectivity index (χ0v) is 14.7. The normalized spacial score (nSPS) is 32.2. The highest BCUT2D eigenvalue weighted by molar-refractivity contribution is 5.76. The largest absolute Gasteiger partial charge is 0.479 e. The Morgan fingerprint density at radius 3 is 2.52 bits per heavy atom. The summed E-state index contributed by atoms with van der Waals surface area (Å²) < 4.78 is 5.32. The maximum atomic E-state index is 12.6. The van der Waals surface area contributed by atoms with Crippen LogP contribution in [0.3, 0.4) is 0 Å². The third-order valence-electron chi connectivity index (χ3n) is 6.39. The van der Waals surface area contributed by atoms with Crippen molar-refractivity contribution in [1.29, 1.82) is 5.26 Å². The molecule has 132 valence electrons. The second kappa shape index (κ2) is 6.71. The third-order valence-corrected chi connectivity index (χ3v) is 6.39. The number of nitrogens with zero attached hydrogens (tertiary/aromatic N) is 1. The molecular weight excluding hydrogens is 312 g/mol. The first-order valence-electron chi connectivity index (χ1n) is 9.49. The van der Waals surface area contributed by atoms with E-state index in [-0.39, 0.29) is 17.9 Å². The molecule has 0 heterocycles. The lowest BCUT2D eigenvalue weighted by Gasteiger charge is -2.56. The van der Waals surface area contributed by atoms with Crippen molar-refractivity contribution < 1.29 is 9.53 Å². The van der Waals surface area contributed by atoms with Crippen LogP contribution >= 0.6 is 0 Å². The van der Waals surface area contributed by atoms with Crippen molar-refractivity contribution >= 4 is 5.91 Å². The predicted octanol–water partition coefficient (Wildman–Crippen LogP) is 3.81. The van der Waals surface area contributed by atoms with Crippen LogP contribution in [-0.4, -0.2) is 12.5 Å². The Labute approximate surface area is 149 Å². The molecule has 1 N–H and O–H groups in total. The Kier molecular flexibility index (Phi) is 4.41. The van der Waals surface area contributed by atoms with Crippen LogP contribution in [0.4, 0.5) is 0 Å². The lowest BCUT2D eigenvalue weighted by molar-refractivity contribution is -0.129. The van der Waals surface area contributed by atoms with Gasteiger partial charge in [0, 0.05) is 13.0 Å². The van der Waals surface area contributed by atoms with E-state index in [9.17, 15) is 4.79 Å². The molecule has 0 radical (unpaired) electrons. The average molecular weight is 338 g/mol. The van der Waals surface area contributed by atoms with Crippen molar-refractivity contribution in [3.63, 3.8) is 0 Å². The summed E-state index contributed by atoms with van der Waals surface area (Å²) in [5.41, 5.74) is 1.30. The summed E-state index contributed by atoms with van der Waals surface area (Å²) in [6.45, 7) is 0.566. The van der Waals surface area contributed by atoms with E-state index in [2.05, 4.69) is 5.32 Å². The number of amides is 1. The van der Waals surface area contributed by atoms with Crippen LogP contribution in [0.25, 0.3) is 0 Å². The van der Waals surface area contributed by atoms with E-state index in [1.54, 1.807) is 0 Å². The smallest absolute Gasteiger partial charge is 0.220 e. The summed E-state index contributed by atoms with van der Waals surface area (Å²) in [6, 6.07) is 9.56. The van der Waals surface area contributed by atoms with Crippen LogP contribution in [0.2, 0.25) is 0 Å². The lowest BCUT2D eigenvalue weighted by Crippen LogP contribution is -2.47. The number of nitriles is 1. The average Bonchev–Trinajstić information content (AvgIpc) is 2.57. The van der Waals surface area contributed by atoms with Gasteiger partial charge in [0.25, 0.3) is 0 Å². The standard InChI is InChI=1S/C21H26N2O2/c22-4-5-25-19-3-1-2-15(9-19)14-23-20(24)13-21-10-16-6-17(11-21)8-18(7-16)12-21/h1-3,9,16-18H,5-8,10-14H2,(H,23,24). The number of ether oxygens (including phenoxy) is 1. The SMILES string of the molecule is N#CCOc1cccc(CNC(=O)CC23CC4CC(CC(C4)C2)C3)c1. The number of carbonyl (C=O) groups is 1. The number of benzene rings is 1. The molecule has 0 spiro atoms. The highest BCUT2D eigenvalue weighted by Gasteiger charge is 2.51. The maximum absolute atomic E-state index is 12.6. The first-order chi connectivity index (χ1) is 12.1. The van der Waals surface area contributed by atoms with Crippen molar-refractivity contribution in [1.82, 2.24) is 5.32 Å². The fourth-order valence-electron chi connectivity index (χ4n) is 5.97. The van der Waals surface area contributed by atoms with Crippen LogP contribution in [0.15, 0.2) is 24.3 Å². The number of rotatable bonds is 6. The van der Waals surface area contributed by atoms with Gasteiger partial charge in [0.15, 0.2) is 6.61 Å². The van der Waals surface area contributed by atoms with Gasteiger partial charge in [-0.2, -0.15) is 5.26 Å².